The van der Waals surface area contributed by atoms with Gasteiger partial charge in [-0.1, -0.05) is 24.3 Å². The summed E-state index contributed by atoms with van der Waals surface area (Å²) in [5.74, 6) is 0.240. The van der Waals surface area contributed by atoms with E-state index < -0.39 is 0 Å². The molecule has 2 aromatic rings. The van der Waals surface area contributed by atoms with Gasteiger partial charge in [0.1, 0.15) is 5.75 Å². The van der Waals surface area contributed by atoms with Crippen LogP contribution >= 0.6 is 0 Å². The van der Waals surface area contributed by atoms with Crippen LogP contribution in [0.25, 0.3) is 0 Å². The van der Waals surface area contributed by atoms with Gasteiger partial charge in [0.25, 0.3) is 11.8 Å². The Morgan fingerprint density at radius 1 is 1.05 bits per heavy atom. The molecule has 0 fully saturated rings. The largest absolute Gasteiger partial charge is 0.484 e. The van der Waals surface area contributed by atoms with Crippen LogP contribution in [-0.2, 0) is 4.79 Å². The number of benzene rings is 2. The fraction of sp³-hybridized carbons (Fsp3) is 0.176. The quantitative estimate of drug-likeness (QED) is 0.922. The van der Waals surface area contributed by atoms with Gasteiger partial charge in [-0.05, 0) is 30.3 Å². The number of para-hydroxylation sites is 1. The number of rotatable bonds is 5. The first-order valence-electron chi connectivity index (χ1n) is 6.85. The van der Waals surface area contributed by atoms with Gasteiger partial charge in [0.05, 0.1) is 0 Å². The zero-order valence-corrected chi connectivity index (χ0v) is 12.6. The Kier molecular flexibility index (Phi) is 5.14. The predicted molar refractivity (Wildman–Crippen MR) is 85.0 cm³/mol. The molecule has 0 aromatic heterocycles. The lowest BCUT2D eigenvalue weighted by molar-refractivity contribution is -0.118. The summed E-state index contributed by atoms with van der Waals surface area (Å²) in [5, 5.41) is 2.71. The van der Waals surface area contributed by atoms with Crippen LogP contribution in [0.3, 0.4) is 0 Å². The number of nitrogens with zero attached hydrogens (tertiary/aromatic N) is 1. The smallest absolute Gasteiger partial charge is 0.262 e. The normalized spacial score (nSPS) is 9.91. The van der Waals surface area contributed by atoms with E-state index in [1.165, 1.54) is 4.90 Å². The van der Waals surface area contributed by atoms with Gasteiger partial charge in [-0.25, -0.2) is 0 Å². The van der Waals surface area contributed by atoms with E-state index in [4.69, 9.17) is 4.74 Å². The number of hydrogen-bond donors (Lipinski definition) is 1. The van der Waals surface area contributed by atoms with Crippen molar-refractivity contribution in [3.05, 3.63) is 60.2 Å². The molecule has 0 radical (unpaired) electrons. The summed E-state index contributed by atoms with van der Waals surface area (Å²) in [6.07, 6.45) is 0. The Bertz CT molecular complexity index is 654. The highest BCUT2D eigenvalue weighted by Crippen LogP contribution is 2.12. The number of nitrogens with one attached hydrogen (secondary N) is 1. The molecule has 2 rings (SSSR count). The van der Waals surface area contributed by atoms with E-state index in [1.807, 2.05) is 18.2 Å². The van der Waals surface area contributed by atoms with Gasteiger partial charge in [0.2, 0.25) is 0 Å². The van der Waals surface area contributed by atoms with Gasteiger partial charge in [0.15, 0.2) is 6.61 Å². The average molecular weight is 298 g/mol. The molecule has 0 spiro atoms. The van der Waals surface area contributed by atoms with Crippen molar-refractivity contribution in [2.45, 2.75) is 0 Å². The highest BCUT2D eigenvalue weighted by Gasteiger charge is 2.09. The molecule has 5 nitrogen and oxygen atoms in total. The van der Waals surface area contributed by atoms with E-state index in [0.717, 1.165) is 0 Å². The predicted octanol–water partition coefficient (Wildman–Crippen LogP) is 2.41. The molecular weight excluding hydrogens is 280 g/mol. The molecule has 0 saturated carbocycles. The van der Waals surface area contributed by atoms with E-state index in [0.29, 0.717) is 17.0 Å². The zero-order valence-electron chi connectivity index (χ0n) is 12.6. The molecule has 114 valence electrons. The SMILES string of the molecule is CN(C)C(=O)c1cccc(NC(=O)COc2ccccc2)c1. The van der Waals surface area contributed by atoms with E-state index in [-0.39, 0.29) is 18.4 Å². The molecule has 0 aliphatic heterocycles. The Hall–Kier alpha value is -2.82. The lowest BCUT2D eigenvalue weighted by atomic mass is 10.2. The first kappa shape index (κ1) is 15.6. The van der Waals surface area contributed by atoms with Crippen LogP contribution in [0, 0.1) is 0 Å². The van der Waals surface area contributed by atoms with Gasteiger partial charge in [0, 0.05) is 25.3 Å². The van der Waals surface area contributed by atoms with Crippen molar-refractivity contribution in [1.29, 1.82) is 0 Å². The molecule has 0 bridgehead atoms. The highest BCUT2D eigenvalue weighted by molar-refractivity contribution is 5.97. The van der Waals surface area contributed by atoms with Gasteiger partial charge >= 0.3 is 0 Å². The van der Waals surface area contributed by atoms with Crippen LogP contribution in [0.2, 0.25) is 0 Å². The van der Waals surface area contributed by atoms with E-state index in [1.54, 1.807) is 50.5 Å². The van der Waals surface area contributed by atoms with Crippen molar-refractivity contribution in [3.8, 4) is 5.75 Å². The second-order valence-corrected chi connectivity index (χ2v) is 4.93. The summed E-state index contributed by atoms with van der Waals surface area (Å²) in [5.41, 5.74) is 1.08. The van der Waals surface area contributed by atoms with Gasteiger partial charge in [-0.2, -0.15) is 0 Å². The molecule has 5 heteroatoms. The maximum Gasteiger partial charge on any atom is 0.262 e. The number of ether oxygens (including phenoxy) is 1. The molecule has 22 heavy (non-hydrogen) atoms. The van der Waals surface area contributed by atoms with Crippen LogP contribution in [-0.4, -0.2) is 37.4 Å². The first-order chi connectivity index (χ1) is 10.6. The summed E-state index contributed by atoms with van der Waals surface area (Å²) in [6, 6.07) is 15.9. The minimum atomic E-state index is -0.279. The van der Waals surface area contributed by atoms with Gasteiger partial charge < -0.3 is 15.0 Å². The third-order valence-corrected chi connectivity index (χ3v) is 2.91. The summed E-state index contributed by atoms with van der Waals surface area (Å²) in [7, 11) is 3.36. The fourth-order valence-electron chi connectivity index (χ4n) is 1.85. The molecule has 2 aromatic carbocycles. The second-order valence-electron chi connectivity index (χ2n) is 4.93. The van der Waals surface area contributed by atoms with E-state index >= 15 is 0 Å². The molecule has 0 saturated heterocycles. The number of amides is 2. The third-order valence-electron chi connectivity index (χ3n) is 2.91. The molecular formula is C17H18N2O3. The number of anilines is 1. The monoisotopic (exact) mass is 298 g/mol. The summed E-state index contributed by atoms with van der Waals surface area (Å²) < 4.78 is 5.37. The summed E-state index contributed by atoms with van der Waals surface area (Å²) >= 11 is 0. The van der Waals surface area contributed by atoms with Crippen LogP contribution in [0.4, 0.5) is 5.69 Å². The van der Waals surface area contributed by atoms with Crippen molar-refractivity contribution in [2.24, 2.45) is 0 Å². The summed E-state index contributed by atoms with van der Waals surface area (Å²) in [4.78, 5) is 25.2. The lowest BCUT2D eigenvalue weighted by Gasteiger charge is -2.12. The van der Waals surface area contributed by atoms with E-state index in [2.05, 4.69) is 5.32 Å². The Morgan fingerprint density at radius 3 is 2.45 bits per heavy atom. The first-order valence-corrected chi connectivity index (χ1v) is 6.85. The fourth-order valence-corrected chi connectivity index (χ4v) is 1.85. The maximum atomic E-state index is 11.9. The van der Waals surface area contributed by atoms with Crippen molar-refractivity contribution in [2.75, 3.05) is 26.0 Å². The summed E-state index contributed by atoms with van der Waals surface area (Å²) in [6.45, 7) is -0.0874. The number of hydrogen-bond acceptors (Lipinski definition) is 3. The molecule has 0 aliphatic rings. The van der Waals surface area contributed by atoms with Crippen molar-refractivity contribution in [1.82, 2.24) is 4.90 Å². The van der Waals surface area contributed by atoms with Crippen molar-refractivity contribution >= 4 is 17.5 Å². The molecule has 2 amide bonds. The third kappa shape index (κ3) is 4.34. The topological polar surface area (TPSA) is 58.6 Å². The molecule has 1 N–H and O–H groups in total. The number of carbonyl (C=O) groups is 2. The van der Waals surface area contributed by atoms with Gasteiger partial charge in [-0.15, -0.1) is 0 Å². The maximum absolute atomic E-state index is 11.9. The Morgan fingerprint density at radius 2 is 1.77 bits per heavy atom. The Labute approximate surface area is 129 Å². The van der Waals surface area contributed by atoms with Crippen LogP contribution in [0.1, 0.15) is 10.4 Å². The average Bonchev–Trinajstić information content (AvgIpc) is 2.53. The minimum Gasteiger partial charge on any atom is -0.484 e. The van der Waals surface area contributed by atoms with Crippen molar-refractivity contribution < 1.29 is 14.3 Å². The number of carbonyl (C=O) groups excluding carboxylic acids is 2. The standard InChI is InChI=1S/C17H18N2O3/c1-19(2)17(21)13-7-6-8-14(11-13)18-16(20)12-22-15-9-4-3-5-10-15/h3-11H,12H2,1-2H3,(H,18,20). The van der Waals surface area contributed by atoms with Gasteiger partial charge in [-0.3, -0.25) is 9.59 Å². The minimum absolute atomic E-state index is 0.0874. The lowest BCUT2D eigenvalue weighted by Crippen LogP contribution is -2.23. The molecule has 0 atom stereocenters. The second kappa shape index (κ2) is 7.26. The Balaban J connectivity index is 1.94. The molecule has 0 heterocycles. The molecule has 0 unspecified atom stereocenters. The van der Waals surface area contributed by atoms with Crippen molar-refractivity contribution in [3.63, 3.8) is 0 Å². The van der Waals surface area contributed by atoms with Crippen LogP contribution in [0.15, 0.2) is 54.6 Å². The van der Waals surface area contributed by atoms with Crippen LogP contribution < -0.4 is 10.1 Å². The highest BCUT2D eigenvalue weighted by atomic mass is 16.5. The zero-order chi connectivity index (χ0) is 15.9. The van der Waals surface area contributed by atoms with E-state index in [9.17, 15) is 9.59 Å². The van der Waals surface area contributed by atoms with Crippen LogP contribution in [0.5, 0.6) is 5.75 Å². The molecule has 0 aliphatic carbocycles.